The van der Waals surface area contributed by atoms with Crippen molar-refractivity contribution >= 4 is 12.2 Å². The number of benzene rings is 1. The maximum atomic E-state index is 10.8. The number of carboxylic acid groups (broad SMARTS) is 2. The van der Waals surface area contributed by atoms with Gasteiger partial charge in [0.2, 0.25) is 0 Å². The maximum absolute atomic E-state index is 10.8. The molecule has 0 spiro atoms. The molecule has 0 saturated carbocycles. The van der Waals surface area contributed by atoms with Gasteiger partial charge in [-0.05, 0) is 29.5 Å². The molecule has 6 heteroatoms. The summed E-state index contributed by atoms with van der Waals surface area (Å²) in [6.45, 7) is 7.33. The van der Waals surface area contributed by atoms with Gasteiger partial charge in [0.05, 0.1) is 0 Å². The lowest BCUT2D eigenvalue weighted by molar-refractivity contribution is 0.176. The van der Waals surface area contributed by atoms with Crippen LogP contribution >= 0.6 is 0 Å². The van der Waals surface area contributed by atoms with Crippen molar-refractivity contribution in [3.63, 3.8) is 0 Å². The lowest BCUT2D eigenvalue weighted by Crippen LogP contribution is -2.40. The monoisotopic (exact) mass is 290 g/mol. The third kappa shape index (κ3) is 5.02. The summed E-state index contributed by atoms with van der Waals surface area (Å²) in [5.41, 5.74) is 2.36. The summed E-state index contributed by atoms with van der Waals surface area (Å²) in [7, 11) is 0. The minimum atomic E-state index is -1.31. The minimum absolute atomic E-state index is 0.499. The summed E-state index contributed by atoms with van der Waals surface area (Å²) in [6, 6.07) is 5.40. The third-order valence-corrected chi connectivity index (χ3v) is 2.80. The van der Waals surface area contributed by atoms with Crippen LogP contribution in [0, 0.1) is 0 Å². The molecule has 0 aliphatic heterocycles. The van der Waals surface area contributed by atoms with Gasteiger partial charge in [-0.2, -0.15) is 0 Å². The van der Waals surface area contributed by atoms with Gasteiger partial charge in [-0.25, -0.2) is 9.59 Å². The molecule has 0 radical (unpaired) electrons. The van der Waals surface area contributed by atoms with Crippen LogP contribution in [0.15, 0.2) is 43.5 Å². The first-order chi connectivity index (χ1) is 9.97. The van der Waals surface area contributed by atoms with Gasteiger partial charge in [-0.3, -0.25) is 10.6 Å². The molecule has 2 amide bonds. The highest BCUT2D eigenvalue weighted by molar-refractivity contribution is 5.69. The van der Waals surface area contributed by atoms with Crippen molar-refractivity contribution in [1.82, 2.24) is 10.6 Å². The van der Waals surface area contributed by atoms with E-state index in [0.717, 1.165) is 11.1 Å². The van der Waals surface area contributed by atoms with Gasteiger partial charge in [0.15, 0.2) is 0 Å². The third-order valence-electron chi connectivity index (χ3n) is 2.80. The standard InChI is InChI=1S/C15H18N2O4/c1-3-5-10-7-8-12(11(9-10)6-4-2)13(16-14(18)19)17-15(20)21/h3-4,7-9,13,16-17H,1-2,5-6H2,(H,18,19)(H,20,21). The van der Waals surface area contributed by atoms with Crippen molar-refractivity contribution in [3.05, 3.63) is 60.2 Å². The quantitative estimate of drug-likeness (QED) is 0.458. The van der Waals surface area contributed by atoms with E-state index in [0.29, 0.717) is 18.4 Å². The van der Waals surface area contributed by atoms with E-state index in [2.05, 4.69) is 23.8 Å². The fraction of sp³-hybridized carbons (Fsp3) is 0.200. The highest BCUT2D eigenvalue weighted by atomic mass is 16.4. The molecule has 21 heavy (non-hydrogen) atoms. The molecule has 0 fully saturated rings. The fourth-order valence-electron chi connectivity index (χ4n) is 2.01. The molecular weight excluding hydrogens is 272 g/mol. The molecule has 0 atom stereocenters. The van der Waals surface area contributed by atoms with E-state index in [1.54, 1.807) is 18.2 Å². The predicted octanol–water partition coefficient (Wildman–Crippen LogP) is 2.68. The number of rotatable bonds is 7. The van der Waals surface area contributed by atoms with Gasteiger partial charge in [0.1, 0.15) is 6.17 Å². The van der Waals surface area contributed by atoms with Crippen molar-refractivity contribution in [1.29, 1.82) is 0 Å². The van der Waals surface area contributed by atoms with Crippen molar-refractivity contribution < 1.29 is 19.8 Å². The molecule has 0 aliphatic rings. The zero-order chi connectivity index (χ0) is 15.8. The lowest BCUT2D eigenvalue weighted by Gasteiger charge is -2.20. The van der Waals surface area contributed by atoms with Gasteiger partial charge in [0, 0.05) is 0 Å². The Morgan fingerprint density at radius 1 is 1.10 bits per heavy atom. The number of allylic oxidation sites excluding steroid dienone is 2. The molecule has 1 aromatic carbocycles. The first kappa shape index (κ1) is 16.3. The second-order valence-electron chi connectivity index (χ2n) is 4.35. The van der Waals surface area contributed by atoms with E-state index in [9.17, 15) is 9.59 Å². The second kappa shape index (κ2) is 7.74. The molecule has 112 valence electrons. The van der Waals surface area contributed by atoms with Crippen LogP contribution in [0.4, 0.5) is 9.59 Å². The van der Waals surface area contributed by atoms with Crippen LogP contribution in [0.3, 0.4) is 0 Å². The van der Waals surface area contributed by atoms with E-state index in [1.807, 2.05) is 12.1 Å². The molecule has 1 rings (SSSR count). The van der Waals surface area contributed by atoms with Crippen LogP contribution in [-0.2, 0) is 12.8 Å². The van der Waals surface area contributed by atoms with Crippen LogP contribution in [0.5, 0.6) is 0 Å². The van der Waals surface area contributed by atoms with Crippen molar-refractivity contribution in [2.24, 2.45) is 0 Å². The summed E-state index contributed by atoms with van der Waals surface area (Å²) in [6.07, 6.45) is 0.951. The smallest absolute Gasteiger partial charge is 0.406 e. The van der Waals surface area contributed by atoms with E-state index in [4.69, 9.17) is 10.2 Å². The predicted molar refractivity (Wildman–Crippen MR) is 79.3 cm³/mol. The molecule has 0 bridgehead atoms. The minimum Gasteiger partial charge on any atom is -0.465 e. The number of carbonyl (C=O) groups is 2. The Labute approximate surface area is 122 Å². The number of nitrogens with one attached hydrogen (secondary N) is 2. The molecule has 0 aromatic heterocycles. The van der Waals surface area contributed by atoms with Gasteiger partial charge in [-0.15, -0.1) is 13.2 Å². The van der Waals surface area contributed by atoms with Gasteiger partial charge in [-0.1, -0.05) is 30.4 Å². The average molecular weight is 290 g/mol. The van der Waals surface area contributed by atoms with Crippen molar-refractivity contribution in [2.45, 2.75) is 19.0 Å². The maximum Gasteiger partial charge on any atom is 0.406 e. The Kier molecular flexibility index (Phi) is 6.00. The molecule has 0 aliphatic carbocycles. The van der Waals surface area contributed by atoms with E-state index < -0.39 is 18.4 Å². The van der Waals surface area contributed by atoms with E-state index >= 15 is 0 Å². The summed E-state index contributed by atoms with van der Waals surface area (Å²) in [5.74, 6) is 0. The van der Waals surface area contributed by atoms with Crippen LogP contribution in [0.2, 0.25) is 0 Å². The topological polar surface area (TPSA) is 98.7 Å². The summed E-state index contributed by atoms with van der Waals surface area (Å²) >= 11 is 0. The van der Waals surface area contributed by atoms with Crippen LogP contribution in [0.25, 0.3) is 0 Å². The molecule has 1 aromatic rings. The molecule has 6 nitrogen and oxygen atoms in total. The number of hydrogen-bond donors (Lipinski definition) is 4. The Morgan fingerprint density at radius 3 is 2.14 bits per heavy atom. The van der Waals surface area contributed by atoms with Gasteiger partial charge in [0.25, 0.3) is 0 Å². The first-order valence-corrected chi connectivity index (χ1v) is 6.30. The molecule has 0 heterocycles. The SMILES string of the molecule is C=CCc1ccc(C(NC(=O)O)NC(=O)O)c(CC=C)c1. The summed E-state index contributed by atoms with van der Waals surface area (Å²) in [5, 5.41) is 22.0. The Balaban J connectivity index is 3.20. The largest absolute Gasteiger partial charge is 0.465 e. The summed E-state index contributed by atoms with van der Waals surface area (Å²) in [4.78, 5) is 21.7. The Morgan fingerprint density at radius 2 is 1.67 bits per heavy atom. The Bertz CT molecular complexity index is 539. The molecule has 0 saturated heterocycles. The van der Waals surface area contributed by atoms with Crippen LogP contribution < -0.4 is 10.6 Å². The molecule has 0 unspecified atom stereocenters. The van der Waals surface area contributed by atoms with Crippen LogP contribution in [-0.4, -0.2) is 22.4 Å². The highest BCUT2D eigenvalue weighted by Crippen LogP contribution is 2.20. The summed E-state index contributed by atoms with van der Waals surface area (Å²) < 4.78 is 0. The zero-order valence-electron chi connectivity index (χ0n) is 11.5. The molecular formula is C15H18N2O4. The Hall–Kier alpha value is -2.76. The van der Waals surface area contributed by atoms with Crippen molar-refractivity contribution in [3.8, 4) is 0 Å². The zero-order valence-corrected chi connectivity index (χ0v) is 11.5. The van der Waals surface area contributed by atoms with Gasteiger partial charge >= 0.3 is 12.2 Å². The van der Waals surface area contributed by atoms with E-state index in [-0.39, 0.29) is 0 Å². The fourth-order valence-corrected chi connectivity index (χ4v) is 2.01. The normalized spacial score (nSPS) is 9.95. The number of hydrogen-bond acceptors (Lipinski definition) is 2. The lowest BCUT2D eigenvalue weighted by atomic mass is 9.98. The first-order valence-electron chi connectivity index (χ1n) is 6.30. The average Bonchev–Trinajstić information content (AvgIpc) is 2.38. The highest BCUT2D eigenvalue weighted by Gasteiger charge is 2.19. The molecule has 4 N–H and O–H groups in total. The van der Waals surface area contributed by atoms with Gasteiger partial charge < -0.3 is 10.2 Å². The number of amides is 2. The second-order valence-corrected chi connectivity index (χ2v) is 4.35. The van der Waals surface area contributed by atoms with Crippen LogP contribution in [0.1, 0.15) is 22.9 Å². The van der Waals surface area contributed by atoms with E-state index in [1.165, 1.54) is 0 Å². The van der Waals surface area contributed by atoms with Crippen molar-refractivity contribution in [2.75, 3.05) is 0 Å².